The fraction of sp³-hybridized carbons (Fsp3) is 0.118. The molecule has 0 bridgehead atoms. The number of hydrogen-bond donors (Lipinski definition) is 2. The lowest BCUT2D eigenvalue weighted by Crippen LogP contribution is -2.15. The Hall–Kier alpha value is -2.66. The SMILES string of the molecule is Nc1nn(CC(=O)c2cccc(C(F)(F)F)c2)c(=S)n1Nc1ccc(Br)cc1. The van der Waals surface area contributed by atoms with E-state index in [2.05, 4.69) is 26.5 Å². The largest absolute Gasteiger partial charge is 0.416 e. The van der Waals surface area contributed by atoms with E-state index >= 15 is 0 Å². The van der Waals surface area contributed by atoms with Crippen molar-refractivity contribution < 1.29 is 18.0 Å². The molecule has 0 aliphatic carbocycles. The second-order valence-corrected chi connectivity index (χ2v) is 7.04. The fourth-order valence-corrected chi connectivity index (χ4v) is 2.89. The monoisotopic (exact) mass is 471 g/mol. The summed E-state index contributed by atoms with van der Waals surface area (Å²) in [5, 5.41) is 4.00. The van der Waals surface area contributed by atoms with Gasteiger partial charge < -0.3 is 5.73 Å². The van der Waals surface area contributed by atoms with Gasteiger partial charge in [0, 0.05) is 10.0 Å². The minimum absolute atomic E-state index is 0.00441. The lowest BCUT2D eigenvalue weighted by molar-refractivity contribution is -0.137. The molecule has 0 fully saturated rings. The molecular formula is C17H13BrF3N5OS. The van der Waals surface area contributed by atoms with Crippen LogP contribution in [0.3, 0.4) is 0 Å². The van der Waals surface area contributed by atoms with Gasteiger partial charge in [-0.1, -0.05) is 28.1 Å². The summed E-state index contributed by atoms with van der Waals surface area (Å²) in [6, 6.07) is 11.4. The highest BCUT2D eigenvalue weighted by Crippen LogP contribution is 2.29. The number of nitrogens with one attached hydrogen (secondary N) is 1. The zero-order valence-corrected chi connectivity index (χ0v) is 16.5. The quantitative estimate of drug-likeness (QED) is 0.422. The van der Waals surface area contributed by atoms with E-state index in [0.29, 0.717) is 5.69 Å². The molecule has 0 saturated heterocycles. The predicted octanol–water partition coefficient (Wildman–Crippen LogP) is 4.54. The number of aromatic nitrogens is 3. The van der Waals surface area contributed by atoms with Gasteiger partial charge in [0.1, 0.15) is 6.54 Å². The van der Waals surface area contributed by atoms with Crippen molar-refractivity contribution in [2.24, 2.45) is 0 Å². The highest BCUT2D eigenvalue weighted by Gasteiger charge is 2.31. The maximum Gasteiger partial charge on any atom is 0.416 e. The van der Waals surface area contributed by atoms with Crippen molar-refractivity contribution in [3.63, 3.8) is 0 Å². The van der Waals surface area contributed by atoms with Gasteiger partial charge >= 0.3 is 6.18 Å². The standard InChI is InChI=1S/C17H13BrF3N5OS/c18-12-4-6-13(7-5-12)23-26-15(22)24-25(16(26)28)9-14(27)10-2-1-3-11(8-10)17(19,20)21/h1-8,23H,9H2,(H2,22,24). The highest BCUT2D eigenvalue weighted by molar-refractivity contribution is 9.10. The van der Waals surface area contributed by atoms with Crippen molar-refractivity contribution in [2.45, 2.75) is 12.7 Å². The first-order chi connectivity index (χ1) is 13.1. The molecule has 0 aliphatic heterocycles. The number of hydrogen-bond acceptors (Lipinski definition) is 5. The van der Waals surface area contributed by atoms with Gasteiger partial charge in [-0.3, -0.25) is 10.2 Å². The zero-order chi connectivity index (χ0) is 20.5. The Bertz CT molecular complexity index is 1080. The summed E-state index contributed by atoms with van der Waals surface area (Å²) in [4.78, 5) is 12.4. The van der Waals surface area contributed by atoms with Gasteiger partial charge in [-0.25, -0.2) is 4.68 Å². The number of anilines is 2. The second-order valence-electron chi connectivity index (χ2n) is 5.75. The minimum Gasteiger partial charge on any atom is -0.366 e. The van der Waals surface area contributed by atoms with Crippen LogP contribution in [0.1, 0.15) is 15.9 Å². The molecule has 11 heteroatoms. The predicted molar refractivity (Wildman–Crippen MR) is 104 cm³/mol. The zero-order valence-electron chi connectivity index (χ0n) is 14.1. The third-order valence-electron chi connectivity index (χ3n) is 3.75. The number of rotatable bonds is 5. The molecule has 1 aromatic heterocycles. The molecule has 0 saturated carbocycles. The van der Waals surface area contributed by atoms with Crippen molar-refractivity contribution in [1.82, 2.24) is 14.5 Å². The van der Waals surface area contributed by atoms with Crippen molar-refractivity contribution in [3.8, 4) is 0 Å². The number of ketones is 1. The Morgan fingerprint density at radius 2 is 1.89 bits per heavy atom. The maximum absolute atomic E-state index is 12.8. The van der Waals surface area contributed by atoms with Crippen LogP contribution >= 0.6 is 28.1 Å². The van der Waals surface area contributed by atoms with Crippen molar-refractivity contribution in [1.29, 1.82) is 0 Å². The van der Waals surface area contributed by atoms with Crippen LogP contribution in [0.15, 0.2) is 53.0 Å². The van der Waals surface area contributed by atoms with Crippen molar-refractivity contribution >= 4 is 45.6 Å². The summed E-state index contributed by atoms with van der Waals surface area (Å²) in [6.45, 7) is -0.348. The van der Waals surface area contributed by atoms with Crippen LogP contribution in [0.2, 0.25) is 0 Å². The molecule has 0 aliphatic rings. The normalized spacial score (nSPS) is 11.4. The van der Waals surface area contributed by atoms with Crippen LogP contribution in [0, 0.1) is 4.77 Å². The number of nitrogens with zero attached hydrogens (tertiary/aromatic N) is 3. The molecule has 1 heterocycles. The van der Waals surface area contributed by atoms with Crippen LogP contribution in [0.5, 0.6) is 0 Å². The molecule has 0 unspecified atom stereocenters. The summed E-state index contributed by atoms with van der Waals surface area (Å²) in [5.41, 5.74) is 8.49. The van der Waals surface area contributed by atoms with Crippen molar-refractivity contribution in [2.75, 3.05) is 11.2 Å². The van der Waals surface area contributed by atoms with Gasteiger partial charge in [0.15, 0.2) is 5.78 Å². The molecule has 3 rings (SSSR count). The van der Waals surface area contributed by atoms with Crippen LogP contribution in [0.25, 0.3) is 0 Å². The molecule has 0 amide bonds. The lowest BCUT2D eigenvalue weighted by atomic mass is 10.1. The molecule has 3 aromatic rings. The number of halogens is 4. The Kier molecular flexibility index (Phi) is 5.57. The van der Waals surface area contributed by atoms with Crippen LogP contribution in [-0.2, 0) is 12.7 Å². The first-order valence-corrected chi connectivity index (χ1v) is 9.03. The van der Waals surface area contributed by atoms with E-state index in [0.717, 1.165) is 21.3 Å². The summed E-state index contributed by atoms with van der Waals surface area (Å²) in [7, 11) is 0. The van der Waals surface area contributed by atoms with Gasteiger partial charge in [0.05, 0.1) is 11.3 Å². The number of benzene rings is 2. The number of nitrogen functional groups attached to an aromatic ring is 1. The molecule has 0 spiro atoms. The molecule has 28 heavy (non-hydrogen) atoms. The lowest BCUT2D eigenvalue weighted by Gasteiger charge is -2.08. The summed E-state index contributed by atoms with van der Waals surface area (Å²) in [5.74, 6) is -0.569. The number of alkyl halides is 3. The molecule has 0 atom stereocenters. The first kappa shape index (κ1) is 20.1. The van der Waals surface area contributed by atoms with Crippen LogP contribution < -0.4 is 11.2 Å². The Morgan fingerprint density at radius 3 is 2.54 bits per heavy atom. The Morgan fingerprint density at radius 1 is 1.21 bits per heavy atom. The average Bonchev–Trinajstić information content (AvgIpc) is 2.90. The summed E-state index contributed by atoms with van der Waals surface area (Å²) in [6.07, 6.45) is -4.53. The number of carbonyl (C=O) groups is 1. The third-order valence-corrected chi connectivity index (χ3v) is 4.68. The molecular weight excluding hydrogens is 459 g/mol. The minimum atomic E-state index is -4.53. The molecule has 6 nitrogen and oxygen atoms in total. The van der Waals surface area contributed by atoms with Gasteiger partial charge in [-0.15, -0.1) is 5.10 Å². The summed E-state index contributed by atoms with van der Waals surface area (Å²) >= 11 is 8.60. The summed E-state index contributed by atoms with van der Waals surface area (Å²) < 4.78 is 41.9. The fourth-order valence-electron chi connectivity index (χ4n) is 2.38. The number of carbonyl (C=O) groups excluding carboxylic acids is 1. The van der Waals surface area contributed by atoms with Gasteiger partial charge in [0.2, 0.25) is 10.7 Å². The van der Waals surface area contributed by atoms with Gasteiger partial charge in [-0.2, -0.15) is 17.8 Å². The smallest absolute Gasteiger partial charge is 0.366 e. The molecule has 3 N–H and O–H groups in total. The van der Waals surface area contributed by atoms with E-state index < -0.39 is 17.5 Å². The number of nitrogens with two attached hydrogens (primary N) is 1. The first-order valence-electron chi connectivity index (χ1n) is 7.83. The van der Waals surface area contributed by atoms with Crippen molar-refractivity contribution in [3.05, 3.63) is 68.9 Å². The van der Waals surface area contributed by atoms with E-state index in [1.54, 1.807) is 12.1 Å². The Balaban J connectivity index is 1.83. The van der Waals surface area contributed by atoms with E-state index in [4.69, 9.17) is 18.0 Å². The van der Waals surface area contributed by atoms with E-state index in [1.165, 1.54) is 16.8 Å². The van der Waals surface area contributed by atoms with Crippen LogP contribution in [-0.4, -0.2) is 20.2 Å². The maximum atomic E-state index is 12.8. The Labute approximate surface area is 170 Å². The van der Waals surface area contributed by atoms with Crippen LogP contribution in [0.4, 0.5) is 24.8 Å². The van der Waals surface area contributed by atoms with Gasteiger partial charge in [-0.05, 0) is 48.6 Å². The van der Waals surface area contributed by atoms with E-state index in [1.807, 2.05) is 12.1 Å². The molecule has 2 aromatic carbocycles. The molecule has 146 valence electrons. The molecule has 0 radical (unpaired) electrons. The van der Waals surface area contributed by atoms with Gasteiger partial charge in [0.25, 0.3) is 0 Å². The second kappa shape index (κ2) is 7.76. The number of Topliss-reactive ketones (excluding diaryl/α,β-unsaturated/α-hetero) is 1. The van der Waals surface area contributed by atoms with E-state index in [9.17, 15) is 18.0 Å². The average molecular weight is 472 g/mol. The van der Waals surface area contributed by atoms with E-state index in [-0.39, 0.29) is 22.8 Å². The highest BCUT2D eigenvalue weighted by atomic mass is 79.9. The topological polar surface area (TPSA) is 77.9 Å². The third kappa shape index (κ3) is 4.42.